The number of hydrogen-bond donors (Lipinski definition) is 0. The largest absolute Gasteiger partial charge is 0.364 e. The van der Waals surface area contributed by atoms with Crippen LogP contribution in [0.3, 0.4) is 0 Å². The molecule has 0 saturated heterocycles. The molecule has 0 saturated carbocycles. The first-order valence-electron chi connectivity index (χ1n) is 12.2. The Morgan fingerprint density at radius 3 is 2.55 bits per heavy atom. The van der Waals surface area contributed by atoms with Crippen LogP contribution in [-0.4, -0.2) is 36.2 Å². The molecule has 0 aromatic carbocycles. The summed E-state index contributed by atoms with van der Waals surface area (Å²) >= 11 is 9.03. The molecule has 12 heteroatoms. The van der Waals surface area contributed by atoms with E-state index in [1.165, 1.54) is 50.7 Å². The molecule has 5 rings (SSSR count). The van der Waals surface area contributed by atoms with Gasteiger partial charge in [-0.1, -0.05) is 43.6 Å². The highest BCUT2D eigenvalue weighted by Crippen LogP contribution is 2.33. The number of Topliss-reactive ketones (excluding diaryl/α,β-unsaturated/α-hetero) is 1. The zero-order valence-corrected chi connectivity index (χ0v) is 24.2. The van der Waals surface area contributed by atoms with Crippen molar-refractivity contribution >= 4 is 46.4 Å². The first-order valence-corrected chi connectivity index (χ1v) is 14.4. The monoisotopic (exact) mass is 593 g/mol. The Kier molecular flexibility index (Phi) is 7.88. The normalized spacial score (nSPS) is 11.6. The third-order valence-corrected chi connectivity index (χ3v) is 8.33. The molecule has 0 aliphatic heterocycles. The molecule has 9 nitrogen and oxygen atoms in total. The number of nitrogens with zero attached hydrogens (tertiary/aromatic N) is 5. The first-order chi connectivity index (χ1) is 19.1. The van der Waals surface area contributed by atoms with Gasteiger partial charge < -0.3 is 4.52 Å². The highest BCUT2D eigenvalue weighted by atomic mass is 35.5. The maximum atomic E-state index is 13.4. The maximum Gasteiger partial charge on any atom is 0.253 e. The minimum Gasteiger partial charge on any atom is -0.364 e. The van der Waals surface area contributed by atoms with Crippen LogP contribution < -0.4 is 5.56 Å². The van der Waals surface area contributed by atoms with E-state index in [0.717, 1.165) is 4.88 Å². The Morgan fingerprint density at radius 2 is 1.90 bits per heavy atom. The van der Waals surface area contributed by atoms with Gasteiger partial charge in [0, 0.05) is 39.9 Å². The van der Waals surface area contributed by atoms with Crippen LogP contribution in [0.2, 0.25) is 4.34 Å². The van der Waals surface area contributed by atoms with Crippen molar-refractivity contribution in [2.45, 2.75) is 38.1 Å². The zero-order valence-electron chi connectivity index (χ0n) is 21.8. The summed E-state index contributed by atoms with van der Waals surface area (Å²) in [6.07, 6.45) is 2.91. The second kappa shape index (κ2) is 11.4. The smallest absolute Gasteiger partial charge is 0.253 e. The molecule has 0 atom stereocenters. The van der Waals surface area contributed by atoms with E-state index in [1.54, 1.807) is 36.5 Å². The molecule has 40 heavy (non-hydrogen) atoms. The number of ketones is 1. The lowest BCUT2D eigenvalue weighted by Crippen LogP contribution is -2.28. The maximum absolute atomic E-state index is 13.4. The fourth-order valence-corrected chi connectivity index (χ4v) is 5.98. The van der Waals surface area contributed by atoms with Gasteiger partial charge in [0.2, 0.25) is 5.78 Å². The summed E-state index contributed by atoms with van der Waals surface area (Å²) in [6, 6.07) is 15.5. The predicted molar refractivity (Wildman–Crippen MR) is 155 cm³/mol. The van der Waals surface area contributed by atoms with Crippen molar-refractivity contribution in [3.05, 3.63) is 92.3 Å². The van der Waals surface area contributed by atoms with Crippen molar-refractivity contribution in [2.75, 3.05) is 0 Å². The number of thioether (sulfide) groups is 1. The van der Waals surface area contributed by atoms with Gasteiger partial charge >= 0.3 is 0 Å². The molecule has 0 N–H and O–H groups in total. The van der Waals surface area contributed by atoms with Crippen molar-refractivity contribution in [2.24, 2.45) is 5.41 Å². The fourth-order valence-electron chi connectivity index (χ4n) is 3.86. The lowest BCUT2D eigenvalue weighted by atomic mass is 9.96. The number of carbonyl (C=O) groups excluding carboxylic acids is 2. The lowest BCUT2D eigenvalue weighted by molar-refractivity contribution is 0.0736. The van der Waals surface area contributed by atoms with E-state index < -0.39 is 11.0 Å². The first kappa shape index (κ1) is 27.8. The number of rotatable bonds is 8. The summed E-state index contributed by atoms with van der Waals surface area (Å²) in [5.41, 5.74) is 0.897. The summed E-state index contributed by atoms with van der Waals surface area (Å²) in [5, 5.41) is 8.97. The molecule has 0 radical (unpaired) electrons. The van der Waals surface area contributed by atoms with Crippen LogP contribution in [0.1, 0.15) is 40.9 Å². The van der Waals surface area contributed by atoms with E-state index in [-0.39, 0.29) is 23.9 Å². The number of thiophene rings is 1. The standard InChI is InChI=1S/C28H24ClN5O4S2/c1-28(2,3)27(37)34-26(39-16-18-7-8-24(29)40-18)14-21(31-34)17-12-22(19-6-4-5-10-30-19)33(25(36)13-17)15-23(35)20-9-11-38-32-20/h4-14H,15-16H2,1-3H3. The van der Waals surface area contributed by atoms with Gasteiger partial charge in [-0.05, 0) is 36.4 Å². The van der Waals surface area contributed by atoms with Gasteiger partial charge in [-0.2, -0.15) is 9.78 Å². The molecule has 0 bridgehead atoms. The quantitative estimate of drug-likeness (QED) is 0.151. The molecule has 5 aromatic rings. The van der Waals surface area contributed by atoms with Gasteiger partial charge in [0.25, 0.3) is 11.5 Å². The third kappa shape index (κ3) is 6.01. The number of pyridine rings is 2. The zero-order chi connectivity index (χ0) is 28.4. The highest BCUT2D eigenvalue weighted by Gasteiger charge is 2.27. The topological polar surface area (TPSA) is 113 Å². The summed E-state index contributed by atoms with van der Waals surface area (Å²) in [7, 11) is 0. The summed E-state index contributed by atoms with van der Waals surface area (Å²) in [5.74, 6) is 0.0420. The van der Waals surface area contributed by atoms with Gasteiger partial charge in [0.15, 0.2) is 5.69 Å². The van der Waals surface area contributed by atoms with Crippen molar-refractivity contribution in [3.63, 3.8) is 0 Å². The average Bonchev–Trinajstić information content (AvgIpc) is 3.69. The molecular weight excluding hydrogens is 570 g/mol. The molecule has 0 fully saturated rings. The lowest BCUT2D eigenvalue weighted by Gasteiger charge is -2.17. The van der Waals surface area contributed by atoms with Crippen LogP contribution in [0.5, 0.6) is 0 Å². The molecular formula is C28H24ClN5O4S2. The van der Waals surface area contributed by atoms with Crippen molar-refractivity contribution < 1.29 is 14.1 Å². The fraction of sp³-hybridized carbons (Fsp3) is 0.214. The van der Waals surface area contributed by atoms with Gasteiger partial charge in [-0.25, -0.2) is 0 Å². The highest BCUT2D eigenvalue weighted by molar-refractivity contribution is 7.98. The Hall–Kier alpha value is -3.80. The Bertz CT molecular complexity index is 1730. The number of halogens is 1. The second-order valence-corrected chi connectivity index (χ2v) is 12.7. The van der Waals surface area contributed by atoms with Crippen LogP contribution in [0.25, 0.3) is 22.6 Å². The van der Waals surface area contributed by atoms with E-state index in [2.05, 4.69) is 15.2 Å². The summed E-state index contributed by atoms with van der Waals surface area (Å²) in [4.78, 5) is 45.0. The van der Waals surface area contributed by atoms with Gasteiger partial charge in [-0.3, -0.25) is 23.9 Å². The molecule has 0 amide bonds. The van der Waals surface area contributed by atoms with Gasteiger partial charge in [-0.15, -0.1) is 23.1 Å². The third-order valence-electron chi connectivity index (χ3n) is 5.88. The van der Waals surface area contributed by atoms with Crippen LogP contribution in [-0.2, 0) is 12.3 Å². The van der Waals surface area contributed by atoms with Crippen LogP contribution in [0, 0.1) is 5.41 Å². The van der Waals surface area contributed by atoms with E-state index in [0.29, 0.717) is 37.8 Å². The second-order valence-electron chi connectivity index (χ2n) is 9.91. The van der Waals surface area contributed by atoms with Crippen molar-refractivity contribution in [1.29, 1.82) is 0 Å². The molecule has 204 valence electrons. The van der Waals surface area contributed by atoms with Crippen molar-refractivity contribution in [1.82, 2.24) is 24.5 Å². The Balaban J connectivity index is 1.58. The van der Waals surface area contributed by atoms with E-state index in [9.17, 15) is 14.4 Å². The number of hydrogen-bond acceptors (Lipinski definition) is 9. The van der Waals surface area contributed by atoms with E-state index in [4.69, 9.17) is 16.1 Å². The predicted octanol–water partition coefficient (Wildman–Crippen LogP) is 6.34. The molecule has 0 aliphatic rings. The summed E-state index contributed by atoms with van der Waals surface area (Å²) in [6.45, 7) is 5.24. The minimum absolute atomic E-state index is 0.121. The van der Waals surface area contributed by atoms with Gasteiger partial charge in [0.05, 0.1) is 28.0 Å². The summed E-state index contributed by atoms with van der Waals surface area (Å²) < 4.78 is 8.22. The molecule has 0 unspecified atom stereocenters. The van der Waals surface area contributed by atoms with E-state index >= 15 is 0 Å². The molecule has 5 heterocycles. The SMILES string of the molecule is CC(C)(C)C(=O)n1nc(-c2cc(-c3ccccn3)n(CC(=O)c3ccon3)c(=O)c2)cc1SCc1ccc(Cl)s1. The number of carbonyl (C=O) groups is 2. The van der Waals surface area contributed by atoms with Crippen LogP contribution in [0.4, 0.5) is 0 Å². The Labute approximate surface area is 242 Å². The van der Waals surface area contributed by atoms with Gasteiger partial charge in [0.1, 0.15) is 11.3 Å². The van der Waals surface area contributed by atoms with Crippen LogP contribution >= 0.6 is 34.7 Å². The molecule has 5 aromatic heterocycles. The van der Waals surface area contributed by atoms with Crippen LogP contribution in [0.15, 0.2) is 81.4 Å². The minimum atomic E-state index is -0.686. The average molecular weight is 594 g/mol. The number of aromatic nitrogens is 5. The van der Waals surface area contributed by atoms with E-state index in [1.807, 2.05) is 32.9 Å². The molecule has 0 aliphatic carbocycles. The Morgan fingerprint density at radius 1 is 1.07 bits per heavy atom. The molecule has 0 spiro atoms. The van der Waals surface area contributed by atoms with Crippen molar-refractivity contribution in [3.8, 4) is 22.6 Å².